The molecule has 6 nitrogen and oxygen atoms in total. The first-order chi connectivity index (χ1) is 8.20. The van der Waals surface area contributed by atoms with E-state index in [9.17, 15) is 4.79 Å². The fourth-order valence-corrected chi connectivity index (χ4v) is 1.81. The lowest BCUT2D eigenvalue weighted by Crippen LogP contribution is -2.34. The van der Waals surface area contributed by atoms with Crippen molar-refractivity contribution >= 4 is 17.4 Å². The largest absolute Gasteiger partial charge is 0.411 e. The number of hydrogen-bond acceptors (Lipinski definition) is 5. The number of piperidine rings is 1. The normalized spacial score (nSPS) is 15.8. The minimum Gasteiger partial charge on any atom is -0.411 e. The second-order valence-electron chi connectivity index (χ2n) is 3.92. The van der Waals surface area contributed by atoms with Gasteiger partial charge in [0.25, 0.3) is 0 Å². The first-order valence-electron chi connectivity index (χ1n) is 5.41. The van der Waals surface area contributed by atoms with Crippen molar-refractivity contribution in [3.05, 3.63) is 23.9 Å². The van der Waals surface area contributed by atoms with Crippen molar-refractivity contribution in [2.75, 3.05) is 18.0 Å². The molecule has 1 fully saturated rings. The summed E-state index contributed by atoms with van der Waals surface area (Å²) < 4.78 is 0. The minimum atomic E-state index is -0.475. The summed E-state index contributed by atoms with van der Waals surface area (Å²) in [5.41, 5.74) is 6.36. The fraction of sp³-hybridized carbons (Fsp3) is 0.364. The summed E-state index contributed by atoms with van der Waals surface area (Å²) in [6, 6.07) is 3.45. The minimum absolute atomic E-state index is 0.406. The Morgan fingerprint density at radius 1 is 1.41 bits per heavy atom. The number of oxime groups is 1. The number of aromatic nitrogens is 1. The predicted molar refractivity (Wildman–Crippen MR) is 63.4 cm³/mol. The SMILES string of the molecule is NC(=O)c1ccc(N2CCC(=NO)CC2)nc1. The molecule has 0 saturated carbocycles. The molecule has 1 aromatic heterocycles. The van der Waals surface area contributed by atoms with Crippen LogP contribution in [0.25, 0.3) is 0 Å². The van der Waals surface area contributed by atoms with Crippen LogP contribution in [-0.2, 0) is 0 Å². The first kappa shape index (κ1) is 11.4. The lowest BCUT2D eigenvalue weighted by atomic mass is 10.1. The van der Waals surface area contributed by atoms with Crippen molar-refractivity contribution in [2.24, 2.45) is 10.9 Å². The number of nitrogens with two attached hydrogens (primary N) is 1. The van der Waals surface area contributed by atoms with Crippen LogP contribution in [0.15, 0.2) is 23.5 Å². The lowest BCUT2D eigenvalue weighted by Gasteiger charge is -2.28. The number of rotatable bonds is 2. The highest BCUT2D eigenvalue weighted by Gasteiger charge is 2.16. The Morgan fingerprint density at radius 3 is 2.59 bits per heavy atom. The summed E-state index contributed by atoms with van der Waals surface area (Å²) in [5.74, 6) is 0.337. The third-order valence-corrected chi connectivity index (χ3v) is 2.84. The van der Waals surface area contributed by atoms with Crippen molar-refractivity contribution < 1.29 is 10.0 Å². The standard InChI is InChI=1S/C11H14N4O2/c12-11(16)8-1-2-10(13-7-8)15-5-3-9(14-17)4-6-15/h1-2,7,17H,3-6H2,(H2,12,16). The number of amides is 1. The zero-order valence-electron chi connectivity index (χ0n) is 9.33. The van der Waals surface area contributed by atoms with Crippen molar-refractivity contribution in [3.8, 4) is 0 Å². The van der Waals surface area contributed by atoms with E-state index in [0.717, 1.165) is 37.5 Å². The van der Waals surface area contributed by atoms with Crippen LogP contribution in [0.5, 0.6) is 0 Å². The highest BCUT2D eigenvalue weighted by atomic mass is 16.4. The van der Waals surface area contributed by atoms with E-state index in [2.05, 4.69) is 15.0 Å². The Hall–Kier alpha value is -2.11. The molecule has 3 N–H and O–H groups in total. The highest BCUT2D eigenvalue weighted by Crippen LogP contribution is 2.16. The van der Waals surface area contributed by atoms with E-state index in [-0.39, 0.29) is 0 Å². The third-order valence-electron chi connectivity index (χ3n) is 2.84. The average Bonchev–Trinajstić information content (AvgIpc) is 2.39. The molecule has 0 radical (unpaired) electrons. The molecule has 0 aliphatic carbocycles. The quantitative estimate of drug-likeness (QED) is 0.579. The average molecular weight is 234 g/mol. The Bertz CT molecular complexity index is 431. The Balaban J connectivity index is 2.06. The number of carbonyl (C=O) groups is 1. The van der Waals surface area contributed by atoms with Crippen LogP contribution in [0, 0.1) is 0 Å². The molecular weight excluding hydrogens is 220 g/mol. The van der Waals surface area contributed by atoms with E-state index < -0.39 is 5.91 Å². The van der Waals surface area contributed by atoms with Gasteiger partial charge in [0, 0.05) is 32.1 Å². The molecule has 1 aromatic rings. The van der Waals surface area contributed by atoms with Gasteiger partial charge >= 0.3 is 0 Å². The molecule has 17 heavy (non-hydrogen) atoms. The third kappa shape index (κ3) is 2.52. The summed E-state index contributed by atoms with van der Waals surface area (Å²) in [5, 5.41) is 11.9. The molecule has 1 aliphatic heterocycles. The van der Waals surface area contributed by atoms with Crippen LogP contribution < -0.4 is 10.6 Å². The van der Waals surface area contributed by atoms with Gasteiger partial charge in [0.1, 0.15) is 5.82 Å². The maximum Gasteiger partial charge on any atom is 0.250 e. The lowest BCUT2D eigenvalue weighted by molar-refractivity contribution is 0.1000. The summed E-state index contributed by atoms with van der Waals surface area (Å²) in [6.45, 7) is 1.53. The topological polar surface area (TPSA) is 91.8 Å². The summed E-state index contributed by atoms with van der Waals surface area (Å²) in [4.78, 5) is 17.2. The molecule has 1 aliphatic rings. The molecule has 0 aromatic carbocycles. The molecule has 0 atom stereocenters. The van der Waals surface area contributed by atoms with Crippen LogP contribution in [0.3, 0.4) is 0 Å². The van der Waals surface area contributed by atoms with Gasteiger partial charge in [0.05, 0.1) is 11.3 Å². The van der Waals surface area contributed by atoms with Gasteiger partial charge in [-0.25, -0.2) is 4.98 Å². The van der Waals surface area contributed by atoms with Crippen molar-refractivity contribution in [1.82, 2.24) is 4.98 Å². The van der Waals surface area contributed by atoms with Crippen LogP contribution in [0.1, 0.15) is 23.2 Å². The maximum absolute atomic E-state index is 10.9. The molecule has 90 valence electrons. The molecule has 2 rings (SSSR count). The number of primary amides is 1. The van der Waals surface area contributed by atoms with Gasteiger partial charge in [-0.2, -0.15) is 0 Å². The van der Waals surface area contributed by atoms with Crippen molar-refractivity contribution in [2.45, 2.75) is 12.8 Å². The summed E-state index contributed by atoms with van der Waals surface area (Å²) in [7, 11) is 0. The van der Waals surface area contributed by atoms with Gasteiger partial charge in [-0.15, -0.1) is 0 Å². The Labute approximate surface area is 98.7 Å². The van der Waals surface area contributed by atoms with Crippen molar-refractivity contribution in [3.63, 3.8) is 0 Å². The van der Waals surface area contributed by atoms with E-state index in [1.54, 1.807) is 12.1 Å². The molecule has 0 bridgehead atoms. The zero-order chi connectivity index (χ0) is 12.3. The van der Waals surface area contributed by atoms with Crippen LogP contribution >= 0.6 is 0 Å². The van der Waals surface area contributed by atoms with E-state index in [0.29, 0.717) is 5.56 Å². The van der Waals surface area contributed by atoms with E-state index in [4.69, 9.17) is 10.9 Å². The van der Waals surface area contributed by atoms with Gasteiger partial charge in [-0.3, -0.25) is 4.79 Å². The van der Waals surface area contributed by atoms with Gasteiger partial charge in [-0.05, 0) is 12.1 Å². The molecule has 0 unspecified atom stereocenters. The highest BCUT2D eigenvalue weighted by molar-refractivity contribution is 5.92. The van der Waals surface area contributed by atoms with Gasteiger partial charge in [-0.1, -0.05) is 5.16 Å². The fourth-order valence-electron chi connectivity index (χ4n) is 1.81. The van der Waals surface area contributed by atoms with Crippen LogP contribution in [-0.4, -0.2) is 34.9 Å². The number of carbonyl (C=O) groups excluding carboxylic acids is 1. The number of nitrogens with zero attached hydrogens (tertiary/aromatic N) is 3. The van der Waals surface area contributed by atoms with Gasteiger partial charge in [0.2, 0.25) is 5.91 Å². The summed E-state index contributed by atoms with van der Waals surface area (Å²) in [6.07, 6.45) is 2.94. The van der Waals surface area contributed by atoms with Gasteiger partial charge in [0.15, 0.2) is 0 Å². The molecule has 1 saturated heterocycles. The zero-order valence-corrected chi connectivity index (χ0v) is 9.33. The van der Waals surface area contributed by atoms with Crippen LogP contribution in [0.4, 0.5) is 5.82 Å². The molecule has 6 heteroatoms. The first-order valence-corrected chi connectivity index (χ1v) is 5.41. The van der Waals surface area contributed by atoms with E-state index in [1.165, 1.54) is 6.20 Å². The smallest absolute Gasteiger partial charge is 0.250 e. The molecular formula is C11H14N4O2. The number of hydrogen-bond donors (Lipinski definition) is 2. The van der Waals surface area contributed by atoms with E-state index in [1.807, 2.05) is 0 Å². The van der Waals surface area contributed by atoms with Gasteiger partial charge < -0.3 is 15.8 Å². The second kappa shape index (κ2) is 4.82. The second-order valence-corrected chi connectivity index (χ2v) is 3.92. The number of pyridine rings is 1. The maximum atomic E-state index is 10.9. The monoisotopic (exact) mass is 234 g/mol. The Morgan fingerprint density at radius 2 is 2.12 bits per heavy atom. The summed E-state index contributed by atoms with van der Waals surface area (Å²) >= 11 is 0. The molecule has 0 spiro atoms. The molecule has 2 heterocycles. The predicted octanol–water partition coefficient (Wildman–Crippen LogP) is 0.611. The van der Waals surface area contributed by atoms with Crippen molar-refractivity contribution in [1.29, 1.82) is 0 Å². The number of anilines is 1. The van der Waals surface area contributed by atoms with Crippen LogP contribution in [0.2, 0.25) is 0 Å². The van der Waals surface area contributed by atoms with E-state index >= 15 is 0 Å². The Kier molecular flexibility index (Phi) is 3.22. The molecule has 1 amide bonds.